The molecular formula is C22H22F3N7O. The normalized spacial score (nSPS) is 18.8. The van der Waals surface area contributed by atoms with Crippen LogP contribution in [-0.4, -0.2) is 54.4 Å². The Balaban J connectivity index is 1.56. The fourth-order valence-electron chi connectivity index (χ4n) is 3.84. The van der Waals surface area contributed by atoms with Gasteiger partial charge in [-0.1, -0.05) is 0 Å². The van der Waals surface area contributed by atoms with Crippen LogP contribution < -0.4 is 5.32 Å². The topological polar surface area (TPSA) is 96.8 Å². The first kappa shape index (κ1) is 22.6. The summed E-state index contributed by atoms with van der Waals surface area (Å²) in [4.78, 5) is 35.5. The summed E-state index contributed by atoms with van der Waals surface area (Å²) < 4.78 is 38.2. The van der Waals surface area contributed by atoms with Crippen LogP contribution in [0.3, 0.4) is 0 Å². The Morgan fingerprint density at radius 2 is 1.88 bits per heavy atom. The second-order valence-electron chi connectivity index (χ2n) is 7.84. The van der Waals surface area contributed by atoms with E-state index in [2.05, 4.69) is 30.2 Å². The van der Waals surface area contributed by atoms with Crippen molar-refractivity contribution in [1.29, 1.82) is 0 Å². The summed E-state index contributed by atoms with van der Waals surface area (Å²) in [6.45, 7) is 4.22. The Morgan fingerprint density at radius 1 is 1.12 bits per heavy atom. The molecule has 4 heterocycles. The molecular weight excluding hydrogens is 435 g/mol. The predicted octanol–water partition coefficient (Wildman–Crippen LogP) is 3.76. The van der Waals surface area contributed by atoms with Gasteiger partial charge in [0.2, 0.25) is 0 Å². The maximum Gasteiger partial charge on any atom is 0.434 e. The van der Waals surface area contributed by atoms with Crippen molar-refractivity contribution in [2.24, 2.45) is 0 Å². The van der Waals surface area contributed by atoms with Gasteiger partial charge in [-0.05, 0) is 44.9 Å². The molecule has 1 saturated heterocycles. The number of rotatable bonds is 4. The monoisotopic (exact) mass is 457 g/mol. The molecule has 4 rings (SSSR count). The lowest BCUT2D eigenvalue weighted by atomic mass is 9.96. The van der Waals surface area contributed by atoms with Gasteiger partial charge in [0.05, 0.1) is 18.0 Å². The number of halogens is 3. The zero-order valence-electron chi connectivity index (χ0n) is 18.0. The van der Waals surface area contributed by atoms with Crippen LogP contribution in [0, 0.1) is 6.92 Å². The van der Waals surface area contributed by atoms with E-state index in [4.69, 9.17) is 0 Å². The van der Waals surface area contributed by atoms with E-state index in [-0.39, 0.29) is 29.5 Å². The fourth-order valence-corrected chi connectivity index (χ4v) is 3.84. The second-order valence-corrected chi connectivity index (χ2v) is 7.84. The van der Waals surface area contributed by atoms with Gasteiger partial charge in [0.25, 0.3) is 5.91 Å². The summed E-state index contributed by atoms with van der Waals surface area (Å²) in [5.41, 5.74) is 0.449. The molecule has 3 aromatic rings. The van der Waals surface area contributed by atoms with Gasteiger partial charge in [-0.25, -0.2) is 24.9 Å². The Labute approximate surface area is 188 Å². The number of hydrogen-bond donors (Lipinski definition) is 1. The minimum absolute atomic E-state index is 0.213. The SMILES string of the molecule is Cc1ccc(-c2ncccn2)c(C(=O)N2CCCC(Nc3cnc(C(F)(F)F)cn3)C2C)n1. The minimum Gasteiger partial charge on any atom is -0.364 e. The summed E-state index contributed by atoms with van der Waals surface area (Å²) in [5.74, 6) is 0.382. The highest BCUT2D eigenvalue weighted by atomic mass is 19.4. The van der Waals surface area contributed by atoms with Crippen molar-refractivity contribution in [3.05, 3.63) is 60.1 Å². The van der Waals surface area contributed by atoms with Crippen LogP contribution in [0.4, 0.5) is 19.0 Å². The number of hydrogen-bond acceptors (Lipinski definition) is 7. The minimum atomic E-state index is -4.55. The van der Waals surface area contributed by atoms with E-state index in [1.807, 2.05) is 6.92 Å². The third kappa shape index (κ3) is 4.91. The van der Waals surface area contributed by atoms with Gasteiger partial charge < -0.3 is 10.2 Å². The molecule has 1 amide bonds. The average Bonchev–Trinajstić information content (AvgIpc) is 2.80. The highest BCUT2D eigenvalue weighted by Gasteiger charge is 2.35. The van der Waals surface area contributed by atoms with E-state index < -0.39 is 11.9 Å². The number of piperidine rings is 1. The van der Waals surface area contributed by atoms with Crippen LogP contribution in [-0.2, 0) is 6.18 Å². The molecule has 1 fully saturated rings. The molecule has 172 valence electrons. The number of nitrogens with zero attached hydrogens (tertiary/aromatic N) is 6. The number of pyridine rings is 1. The number of carbonyl (C=O) groups excluding carboxylic acids is 1. The van der Waals surface area contributed by atoms with Gasteiger partial charge in [-0.3, -0.25) is 4.79 Å². The number of amides is 1. The molecule has 0 aliphatic carbocycles. The third-order valence-electron chi connectivity index (χ3n) is 5.57. The Hall–Kier alpha value is -3.63. The molecule has 0 saturated carbocycles. The van der Waals surface area contributed by atoms with Crippen molar-refractivity contribution in [2.45, 2.75) is 44.9 Å². The van der Waals surface area contributed by atoms with Gasteiger partial charge in [0.1, 0.15) is 11.5 Å². The summed E-state index contributed by atoms with van der Waals surface area (Å²) in [5, 5.41) is 3.12. The van der Waals surface area contributed by atoms with Crippen molar-refractivity contribution >= 4 is 11.7 Å². The van der Waals surface area contributed by atoms with Crippen LogP contribution in [0.15, 0.2) is 43.0 Å². The van der Waals surface area contributed by atoms with E-state index in [0.29, 0.717) is 36.2 Å². The van der Waals surface area contributed by atoms with Crippen LogP contribution in [0.2, 0.25) is 0 Å². The largest absolute Gasteiger partial charge is 0.434 e. The first-order chi connectivity index (χ1) is 15.7. The van der Waals surface area contributed by atoms with E-state index in [9.17, 15) is 18.0 Å². The van der Waals surface area contributed by atoms with Gasteiger partial charge >= 0.3 is 6.18 Å². The number of carbonyl (C=O) groups is 1. The van der Waals surface area contributed by atoms with Crippen molar-refractivity contribution in [3.8, 4) is 11.4 Å². The summed E-state index contributed by atoms with van der Waals surface area (Å²) in [6, 6.07) is 4.81. The van der Waals surface area contributed by atoms with Gasteiger partial charge in [0, 0.05) is 36.7 Å². The summed E-state index contributed by atoms with van der Waals surface area (Å²) >= 11 is 0. The van der Waals surface area contributed by atoms with Crippen LogP contribution in [0.25, 0.3) is 11.4 Å². The smallest absolute Gasteiger partial charge is 0.364 e. The summed E-state index contributed by atoms with van der Waals surface area (Å²) in [7, 11) is 0. The zero-order chi connectivity index (χ0) is 23.6. The van der Waals surface area contributed by atoms with E-state index in [1.165, 1.54) is 0 Å². The van der Waals surface area contributed by atoms with Gasteiger partial charge in [0.15, 0.2) is 11.5 Å². The maximum atomic E-state index is 13.5. The van der Waals surface area contributed by atoms with Gasteiger partial charge in [-0.2, -0.15) is 13.2 Å². The Morgan fingerprint density at radius 3 is 2.55 bits per heavy atom. The Bertz CT molecular complexity index is 1120. The number of alkyl halides is 3. The molecule has 3 aromatic heterocycles. The quantitative estimate of drug-likeness (QED) is 0.637. The highest BCUT2D eigenvalue weighted by Crippen LogP contribution is 2.28. The first-order valence-electron chi connectivity index (χ1n) is 10.5. The molecule has 1 N–H and O–H groups in total. The molecule has 1 aliphatic rings. The predicted molar refractivity (Wildman–Crippen MR) is 114 cm³/mol. The number of aryl methyl sites for hydroxylation is 1. The maximum absolute atomic E-state index is 13.5. The molecule has 0 radical (unpaired) electrons. The number of aromatic nitrogens is 5. The summed E-state index contributed by atoms with van der Waals surface area (Å²) in [6.07, 6.45) is 1.85. The molecule has 1 aliphatic heterocycles. The lowest BCUT2D eigenvalue weighted by molar-refractivity contribution is -0.141. The van der Waals surface area contributed by atoms with Gasteiger partial charge in [-0.15, -0.1) is 0 Å². The molecule has 2 atom stereocenters. The lowest BCUT2D eigenvalue weighted by Crippen LogP contribution is -2.52. The van der Waals surface area contributed by atoms with Crippen LogP contribution in [0.1, 0.15) is 41.6 Å². The highest BCUT2D eigenvalue weighted by molar-refractivity contribution is 5.98. The molecule has 0 spiro atoms. The second kappa shape index (κ2) is 9.08. The third-order valence-corrected chi connectivity index (χ3v) is 5.57. The van der Waals surface area contributed by atoms with E-state index in [0.717, 1.165) is 12.6 Å². The molecule has 11 heteroatoms. The number of likely N-dealkylation sites (tertiary alicyclic amines) is 1. The zero-order valence-corrected chi connectivity index (χ0v) is 18.0. The number of anilines is 1. The Kier molecular flexibility index (Phi) is 6.21. The van der Waals surface area contributed by atoms with Crippen LogP contribution >= 0.6 is 0 Å². The van der Waals surface area contributed by atoms with Crippen molar-refractivity contribution < 1.29 is 18.0 Å². The van der Waals surface area contributed by atoms with Crippen LogP contribution in [0.5, 0.6) is 0 Å². The molecule has 0 aromatic carbocycles. The van der Waals surface area contributed by atoms with Crippen molar-refractivity contribution in [2.75, 3.05) is 11.9 Å². The molecule has 33 heavy (non-hydrogen) atoms. The average molecular weight is 457 g/mol. The number of nitrogens with one attached hydrogen (secondary N) is 1. The molecule has 2 unspecified atom stereocenters. The molecule has 0 bridgehead atoms. The van der Waals surface area contributed by atoms with Crippen molar-refractivity contribution in [3.63, 3.8) is 0 Å². The van der Waals surface area contributed by atoms with E-state index >= 15 is 0 Å². The lowest BCUT2D eigenvalue weighted by Gasteiger charge is -2.40. The fraction of sp³-hybridized carbons (Fsp3) is 0.364. The van der Waals surface area contributed by atoms with Crippen molar-refractivity contribution in [1.82, 2.24) is 29.8 Å². The van der Waals surface area contributed by atoms with E-state index in [1.54, 1.807) is 42.4 Å². The standard InChI is InChI=1S/C22H22F3N7O/c1-13-6-7-15(20-26-8-4-9-27-20)19(30-13)21(33)32-10-3-5-16(14(32)2)31-18-12-28-17(11-29-18)22(23,24)25/h4,6-9,11-12,14,16H,3,5,10H2,1-2H3,(H,29,31). The molecule has 8 nitrogen and oxygen atoms in total. The first-order valence-corrected chi connectivity index (χ1v) is 10.5.